The minimum atomic E-state index is 0.0696. The molecule has 3 N–H and O–H groups in total. The van der Waals surface area contributed by atoms with Gasteiger partial charge < -0.3 is 5.73 Å². The van der Waals surface area contributed by atoms with E-state index in [2.05, 4.69) is 0 Å². The number of nitrogens with two attached hydrogens (primary N) is 1. The third kappa shape index (κ3) is 2.81. The number of nitrogens with one attached hydrogen (secondary N) is 1. The lowest BCUT2D eigenvalue weighted by molar-refractivity contribution is 1.33. The molecule has 0 saturated heterocycles. The summed E-state index contributed by atoms with van der Waals surface area (Å²) in [4.78, 5) is 1.90. The molecular weight excluding hydrogens is 252 g/mol. The zero-order chi connectivity index (χ0) is 12.3. The van der Waals surface area contributed by atoms with E-state index in [0.29, 0.717) is 5.02 Å². The third-order valence-electron chi connectivity index (χ3n) is 2.23. The summed E-state index contributed by atoms with van der Waals surface area (Å²) < 4.78 is 0. The van der Waals surface area contributed by atoms with Crippen LogP contribution in [0.15, 0.2) is 58.3 Å². The van der Waals surface area contributed by atoms with Crippen molar-refractivity contribution in [3.8, 4) is 0 Å². The van der Waals surface area contributed by atoms with Gasteiger partial charge in [-0.05, 0) is 18.2 Å². The van der Waals surface area contributed by atoms with Crippen LogP contribution in [0.25, 0.3) is 0 Å². The Balaban J connectivity index is 2.37. The van der Waals surface area contributed by atoms with E-state index in [1.165, 1.54) is 11.8 Å². The van der Waals surface area contributed by atoms with Crippen molar-refractivity contribution in [2.45, 2.75) is 9.79 Å². The van der Waals surface area contributed by atoms with Crippen LogP contribution in [0, 0.1) is 5.41 Å². The minimum absolute atomic E-state index is 0.0696. The average molecular weight is 263 g/mol. The Hall–Kier alpha value is -1.45. The number of hydrogen-bond acceptors (Lipinski definition) is 2. The van der Waals surface area contributed by atoms with Gasteiger partial charge >= 0.3 is 0 Å². The monoisotopic (exact) mass is 262 g/mol. The van der Waals surface area contributed by atoms with Crippen molar-refractivity contribution in [1.29, 1.82) is 5.41 Å². The lowest BCUT2D eigenvalue weighted by Gasteiger charge is -2.08. The second-order valence-electron chi connectivity index (χ2n) is 3.44. The van der Waals surface area contributed by atoms with Gasteiger partial charge in [-0.15, -0.1) is 0 Å². The lowest BCUT2D eigenvalue weighted by atomic mass is 10.2. The van der Waals surface area contributed by atoms with Gasteiger partial charge in [0, 0.05) is 15.4 Å². The van der Waals surface area contributed by atoms with Gasteiger partial charge in [-0.25, -0.2) is 0 Å². The van der Waals surface area contributed by atoms with Crippen LogP contribution in [-0.2, 0) is 0 Å². The molecule has 4 heteroatoms. The molecule has 0 amide bonds. The summed E-state index contributed by atoms with van der Waals surface area (Å²) in [6.07, 6.45) is 0. The molecule has 0 aromatic heterocycles. The van der Waals surface area contributed by atoms with E-state index in [4.69, 9.17) is 22.7 Å². The van der Waals surface area contributed by atoms with Crippen molar-refractivity contribution in [2.75, 3.05) is 0 Å². The SMILES string of the molecule is N=C(N)c1ccccc1Sc1ccccc1Cl. The maximum absolute atomic E-state index is 7.53. The van der Waals surface area contributed by atoms with Crippen LogP contribution in [0.1, 0.15) is 5.56 Å². The molecule has 0 spiro atoms. The molecule has 0 bridgehead atoms. The van der Waals surface area contributed by atoms with E-state index >= 15 is 0 Å². The fourth-order valence-electron chi connectivity index (χ4n) is 1.42. The summed E-state index contributed by atoms with van der Waals surface area (Å²) in [5.41, 5.74) is 6.28. The van der Waals surface area contributed by atoms with Gasteiger partial charge in [-0.3, -0.25) is 5.41 Å². The molecule has 0 aliphatic carbocycles. The van der Waals surface area contributed by atoms with Gasteiger partial charge in [0.05, 0.1) is 5.02 Å². The quantitative estimate of drug-likeness (QED) is 0.653. The molecule has 2 aromatic carbocycles. The number of rotatable bonds is 3. The van der Waals surface area contributed by atoms with E-state index in [1.807, 2.05) is 48.5 Å². The average Bonchev–Trinajstić information content (AvgIpc) is 2.32. The van der Waals surface area contributed by atoms with Crippen LogP contribution in [0.3, 0.4) is 0 Å². The molecule has 0 atom stereocenters. The molecule has 0 saturated carbocycles. The van der Waals surface area contributed by atoms with Gasteiger partial charge in [0.1, 0.15) is 5.84 Å². The number of hydrogen-bond donors (Lipinski definition) is 2. The second kappa shape index (κ2) is 5.25. The first-order chi connectivity index (χ1) is 8.18. The molecular formula is C13H11ClN2S. The highest BCUT2D eigenvalue weighted by atomic mass is 35.5. The first-order valence-corrected chi connectivity index (χ1v) is 6.24. The standard InChI is InChI=1S/C13H11ClN2S/c14-10-6-2-4-8-12(10)17-11-7-3-1-5-9(11)13(15)16/h1-8H,(H3,15,16). The van der Waals surface area contributed by atoms with Crippen LogP contribution in [0.4, 0.5) is 0 Å². The molecule has 0 aliphatic heterocycles. The highest BCUT2D eigenvalue weighted by Gasteiger charge is 2.07. The molecule has 17 heavy (non-hydrogen) atoms. The van der Waals surface area contributed by atoms with Crippen molar-refractivity contribution >= 4 is 29.2 Å². The fraction of sp³-hybridized carbons (Fsp3) is 0. The van der Waals surface area contributed by atoms with Crippen LogP contribution < -0.4 is 5.73 Å². The molecule has 0 heterocycles. The minimum Gasteiger partial charge on any atom is -0.384 e. The first-order valence-electron chi connectivity index (χ1n) is 5.04. The van der Waals surface area contributed by atoms with E-state index in [0.717, 1.165) is 15.4 Å². The van der Waals surface area contributed by atoms with E-state index in [-0.39, 0.29) is 5.84 Å². The molecule has 0 radical (unpaired) electrons. The summed E-state index contributed by atoms with van der Waals surface area (Å²) in [5, 5.41) is 8.23. The number of nitrogen functional groups attached to an aromatic ring is 1. The van der Waals surface area contributed by atoms with Crippen molar-refractivity contribution in [3.05, 3.63) is 59.1 Å². The van der Waals surface area contributed by atoms with Crippen molar-refractivity contribution < 1.29 is 0 Å². The fourth-order valence-corrected chi connectivity index (χ4v) is 2.66. The van der Waals surface area contributed by atoms with Crippen molar-refractivity contribution in [1.82, 2.24) is 0 Å². The van der Waals surface area contributed by atoms with E-state index in [9.17, 15) is 0 Å². The Morgan fingerprint density at radius 2 is 1.59 bits per heavy atom. The van der Waals surface area contributed by atoms with E-state index in [1.54, 1.807) is 0 Å². The van der Waals surface area contributed by atoms with Gasteiger partial charge in [0.2, 0.25) is 0 Å². The Labute approximate surface area is 109 Å². The summed E-state index contributed by atoms with van der Waals surface area (Å²) in [6, 6.07) is 15.2. The maximum Gasteiger partial charge on any atom is 0.123 e. The highest BCUT2D eigenvalue weighted by molar-refractivity contribution is 7.99. The Morgan fingerprint density at radius 3 is 2.24 bits per heavy atom. The molecule has 0 aliphatic rings. The number of benzene rings is 2. The van der Waals surface area contributed by atoms with Crippen molar-refractivity contribution in [3.63, 3.8) is 0 Å². The van der Waals surface area contributed by atoms with Gasteiger partial charge in [0.15, 0.2) is 0 Å². The maximum atomic E-state index is 7.53. The molecule has 0 unspecified atom stereocenters. The lowest BCUT2D eigenvalue weighted by Crippen LogP contribution is -2.11. The Morgan fingerprint density at radius 1 is 1.00 bits per heavy atom. The summed E-state index contributed by atoms with van der Waals surface area (Å²) in [7, 11) is 0. The Bertz CT molecular complexity index is 555. The van der Waals surface area contributed by atoms with Crippen molar-refractivity contribution in [2.24, 2.45) is 5.73 Å². The third-order valence-corrected chi connectivity index (χ3v) is 3.83. The topological polar surface area (TPSA) is 49.9 Å². The number of amidine groups is 1. The second-order valence-corrected chi connectivity index (χ2v) is 4.93. The van der Waals surface area contributed by atoms with Crippen LogP contribution >= 0.6 is 23.4 Å². The van der Waals surface area contributed by atoms with Gasteiger partial charge in [-0.1, -0.05) is 53.7 Å². The van der Waals surface area contributed by atoms with E-state index < -0.39 is 0 Å². The Kier molecular flexibility index (Phi) is 3.71. The molecule has 0 fully saturated rings. The molecule has 2 nitrogen and oxygen atoms in total. The smallest absolute Gasteiger partial charge is 0.123 e. The van der Waals surface area contributed by atoms with Crippen LogP contribution in [-0.4, -0.2) is 5.84 Å². The highest BCUT2D eigenvalue weighted by Crippen LogP contribution is 2.34. The zero-order valence-corrected chi connectivity index (χ0v) is 10.6. The predicted octanol–water partition coefficient (Wildman–Crippen LogP) is 3.78. The summed E-state index contributed by atoms with van der Waals surface area (Å²) in [5.74, 6) is 0.0696. The summed E-state index contributed by atoms with van der Waals surface area (Å²) >= 11 is 7.62. The van der Waals surface area contributed by atoms with Gasteiger partial charge in [-0.2, -0.15) is 0 Å². The molecule has 2 rings (SSSR count). The first kappa shape index (κ1) is 12.0. The predicted molar refractivity (Wildman–Crippen MR) is 73.0 cm³/mol. The van der Waals surface area contributed by atoms with Gasteiger partial charge in [0.25, 0.3) is 0 Å². The van der Waals surface area contributed by atoms with Crippen LogP contribution in [0.5, 0.6) is 0 Å². The largest absolute Gasteiger partial charge is 0.384 e. The normalized spacial score (nSPS) is 10.2. The van der Waals surface area contributed by atoms with Crippen LogP contribution in [0.2, 0.25) is 5.02 Å². The number of halogens is 1. The molecule has 86 valence electrons. The zero-order valence-electron chi connectivity index (χ0n) is 8.98. The summed E-state index contributed by atoms with van der Waals surface area (Å²) in [6.45, 7) is 0. The molecule has 2 aromatic rings.